The molecule has 0 spiro atoms. The van der Waals surface area contributed by atoms with Gasteiger partial charge in [-0.15, -0.1) is 0 Å². The Morgan fingerprint density at radius 3 is 2.47 bits per heavy atom. The minimum absolute atomic E-state index is 0.0869. The van der Waals surface area contributed by atoms with Crippen LogP contribution in [0.3, 0.4) is 0 Å². The lowest BCUT2D eigenvalue weighted by molar-refractivity contribution is 0.0948. The van der Waals surface area contributed by atoms with Crippen molar-refractivity contribution in [3.8, 4) is 0 Å². The van der Waals surface area contributed by atoms with Crippen LogP contribution in [0.25, 0.3) is 0 Å². The fourth-order valence-electron chi connectivity index (χ4n) is 2.08. The summed E-state index contributed by atoms with van der Waals surface area (Å²) in [5, 5.41) is 2.97. The SMILES string of the molecule is CCC(CC)(CNC(=O)c1ccc(F)cc1C)SC. The van der Waals surface area contributed by atoms with Crippen molar-refractivity contribution in [2.45, 2.75) is 38.4 Å². The number of aryl methyl sites for hydroxylation is 1. The number of carbonyl (C=O) groups excluding carboxylic acids is 1. The van der Waals surface area contributed by atoms with Gasteiger partial charge in [-0.1, -0.05) is 13.8 Å². The van der Waals surface area contributed by atoms with E-state index in [1.54, 1.807) is 24.8 Å². The average molecular weight is 283 g/mol. The Morgan fingerprint density at radius 1 is 1.37 bits per heavy atom. The van der Waals surface area contributed by atoms with Gasteiger partial charge < -0.3 is 5.32 Å². The maximum absolute atomic E-state index is 13.0. The van der Waals surface area contributed by atoms with E-state index < -0.39 is 0 Å². The summed E-state index contributed by atoms with van der Waals surface area (Å²) in [5.74, 6) is -0.438. The molecule has 0 unspecified atom stereocenters. The van der Waals surface area contributed by atoms with Crippen molar-refractivity contribution < 1.29 is 9.18 Å². The first-order chi connectivity index (χ1) is 8.98. The van der Waals surface area contributed by atoms with Crippen molar-refractivity contribution in [2.24, 2.45) is 0 Å². The summed E-state index contributed by atoms with van der Waals surface area (Å²) >= 11 is 1.79. The predicted octanol–water partition coefficient (Wildman–Crippen LogP) is 3.79. The zero-order chi connectivity index (χ0) is 14.5. The highest BCUT2D eigenvalue weighted by Gasteiger charge is 2.25. The molecule has 0 fully saturated rings. The van der Waals surface area contributed by atoms with E-state index in [4.69, 9.17) is 0 Å². The van der Waals surface area contributed by atoms with E-state index in [2.05, 4.69) is 25.4 Å². The number of carbonyl (C=O) groups is 1. The van der Waals surface area contributed by atoms with Gasteiger partial charge in [-0.3, -0.25) is 4.79 Å². The molecular weight excluding hydrogens is 261 g/mol. The fraction of sp³-hybridized carbons (Fsp3) is 0.533. The Hall–Kier alpha value is -1.03. The number of amides is 1. The van der Waals surface area contributed by atoms with Crippen molar-refractivity contribution in [1.29, 1.82) is 0 Å². The lowest BCUT2D eigenvalue weighted by Crippen LogP contribution is -2.39. The maximum Gasteiger partial charge on any atom is 0.251 e. The highest BCUT2D eigenvalue weighted by atomic mass is 32.2. The minimum atomic E-state index is -0.311. The van der Waals surface area contributed by atoms with E-state index in [1.807, 2.05) is 0 Å². The third kappa shape index (κ3) is 3.96. The highest BCUT2D eigenvalue weighted by Crippen LogP contribution is 2.29. The lowest BCUT2D eigenvalue weighted by Gasteiger charge is -2.29. The fourth-order valence-corrected chi connectivity index (χ4v) is 2.87. The number of thioether (sulfide) groups is 1. The Bertz CT molecular complexity index is 436. The Labute approximate surface area is 119 Å². The van der Waals surface area contributed by atoms with E-state index in [-0.39, 0.29) is 16.5 Å². The molecule has 1 aromatic rings. The molecule has 0 aliphatic carbocycles. The largest absolute Gasteiger partial charge is 0.351 e. The molecule has 0 radical (unpaired) electrons. The minimum Gasteiger partial charge on any atom is -0.351 e. The molecule has 0 saturated heterocycles. The molecule has 1 rings (SSSR count). The summed E-state index contributed by atoms with van der Waals surface area (Å²) in [4.78, 5) is 12.1. The second-order valence-corrected chi connectivity index (χ2v) is 6.01. The quantitative estimate of drug-likeness (QED) is 0.860. The van der Waals surface area contributed by atoms with Crippen LogP contribution in [-0.4, -0.2) is 23.5 Å². The zero-order valence-corrected chi connectivity index (χ0v) is 12.9. The molecule has 0 aromatic heterocycles. The van der Waals surface area contributed by atoms with Crippen molar-refractivity contribution in [3.05, 3.63) is 35.1 Å². The van der Waals surface area contributed by atoms with Gasteiger partial charge in [0, 0.05) is 16.9 Å². The van der Waals surface area contributed by atoms with Crippen LogP contribution in [0.5, 0.6) is 0 Å². The van der Waals surface area contributed by atoms with Crippen molar-refractivity contribution in [1.82, 2.24) is 5.32 Å². The molecule has 0 saturated carbocycles. The number of nitrogens with one attached hydrogen (secondary N) is 1. The third-order valence-electron chi connectivity index (χ3n) is 3.73. The van der Waals surface area contributed by atoms with E-state index in [0.717, 1.165) is 12.8 Å². The molecule has 0 bridgehead atoms. The van der Waals surface area contributed by atoms with Gasteiger partial charge in [-0.25, -0.2) is 4.39 Å². The van der Waals surface area contributed by atoms with Gasteiger partial charge in [-0.2, -0.15) is 11.8 Å². The van der Waals surface area contributed by atoms with Crippen LogP contribution >= 0.6 is 11.8 Å². The Balaban J connectivity index is 2.75. The van der Waals surface area contributed by atoms with E-state index >= 15 is 0 Å². The van der Waals surface area contributed by atoms with Crippen LogP contribution in [-0.2, 0) is 0 Å². The molecule has 1 amide bonds. The molecule has 19 heavy (non-hydrogen) atoms. The molecule has 106 valence electrons. The number of hydrogen-bond acceptors (Lipinski definition) is 2. The number of rotatable bonds is 6. The van der Waals surface area contributed by atoms with Crippen LogP contribution in [0.1, 0.15) is 42.6 Å². The van der Waals surface area contributed by atoms with Crippen LogP contribution in [0.4, 0.5) is 4.39 Å². The van der Waals surface area contributed by atoms with Crippen molar-refractivity contribution >= 4 is 17.7 Å². The topological polar surface area (TPSA) is 29.1 Å². The Kier molecular flexibility index (Phi) is 5.85. The molecule has 4 heteroatoms. The summed E-state index contributed by atoms with van der Waals surface area (Å²) in [6.07, 6.45) is 4.09. The molecule has 2 nitrogen and oxygen atoms in total. The third-order valence-corrected chi connectivity index (χ3v) is 5.31. The standard InChI is InChI=1S/C15H22FNOS/c1-5-15(6-2,19-4)10-17-14(18)13-8-7-12(16)9-11(13)3/h7-9H,5-6,10H2,1-4H3,(H,17,18). The summed E-state index contributed by atoms with van der Waals surface area (Å²) in [7, 11) is 0. The summed E-state index contributed by atoms with van der Waals surface area (Å²) in [6, 6.07) is 4.25. The normalized spacial score (nSPS) is 11.4. The number of halogens is 1. The summed E-state index contributed by atoms with van der Waals surface area (Å²) < 4.78 is 13.1. The van der Waals surface area contributed by atoms with Crippen LogP contribution in [0.15, 0.2) is 18.2 Å². The molecule has 1 N–H and O–H groups in total. The van der Waals surface area contributed by atoms with Crippen LogP contribution < -0.4 is 5.32 Å². The van der Waals surface area contributed by atoms with Gasteiger partial charge in [0.1, 0.15) is 5.82 Å². The molecule has 0 atom stereocenters. The van der Waals surface area contributed by atoms with Gasteiger partial charge in [0.2, 0.25) is 0 Å². The number of hydrogen-bond donors (Lipinski definition) is 1. The first kappa shape index (κ1) is 16.0. The molecule has 0 heterocycles. The zero-order valence-electron chi connectivity index (χ0n) is 12.0. The van der Waals surface area contributed by atoms with Crippen molar-refractivity contribution in [2.75, 3.05) is 12.8 Å². The number of benzene rings is 1. The molecule has 1 aromatic carbocycles. The molecule has 0 aliphatic rings. The predicted molar refractivity (Wildman–Crippen MR) is 80.3 cm³/mol. The van der Waals surface area contributed by atoms with Gasteiger partial charge in [0.15, 0.2) is 0 Å². The maximum atomic E-state index is 13.0. The average Bonchev–Trinajstić information content (AvgIpc) is 2.40. The smallest absolute Gasteiger partial charge is 0.251 e. The van der Waals surface area contributed by atoms with E-state index in [0.29, 0.717) is 17.7 Å². The van der Waals surface area contributed by atoms with Gasteiger partial charge >= 0.3 is 0 Å². The second kappa shape index (κ2) is 6.94. The molecule has 0 aliphatic heterocycles. The van der Waals surface area contributed by atoms with E-state index in [9.17, 15) is 9.18 Å². The summed E-state index contributed by atoms with van der Waals surface area (Å²) in [6.45, 7) is 6.65. The van der Waals surface area contributed by atoms with Crippen LogP contribution in [0, 0.1) is 12.7 Å². The van der Waals surface area contributed by atoms with Gasteiger partial charge in [-0.05, 0) is 49.8 Å². The van der Waals surface area contributed by atoms with Crippen LogP contribution in [0.2, 0.25) is 0 Å². The second-order valence-electron chi connectivity index (χ2n) is 4.74. The lowest BCUT2D eigenvalue weighted by atomic mass is 10.0. The van der Waals surface area contributed by atoms with Gasteiger partial charge in [0.05, 0.1) is 0 Å². The molecular formula is C15H22FNOS. The van der Waals surface area contributed by atoms with Crippen molar-refractivity contribution in [3.63, 3.8) is 0 Å². The summed E-state index contributed by atoms with van der Waals surface area (Å²) in [5.41, 5.74) is 1.21. The first-order valence-corrected chi connectivity index (χ1v) is 7.80. The van der Waals surface area contributed by atoms with E-state index in [1.165, 1.54) is 12.1 Å². The first-order valence-electron chi connectivity index (χ1n) is 6.57. The monoisotopic (exact) mass is 283 g/mol. The Morgan fingerprint density at radius 2 is 2.00 bits per heavy atom. The highest BCUT2D eigenvalue weighted by molar-refractivity contribution is 8.00. The van der Waals surface area contributed by atoms with Gasteiger partial charge in [0.25, 0.3) is 5.91 Å².